The molecule has 2 aromatic carbocycles. The van der Waals surface area contributed by atoms with Gasteiger partial charge in [-0.2, -0.15) is 23.4 Å². The highest BCUT2D eigenvalue weighted by Crippen LogP contribution is 2.33. The van der Waals surface area contributed by atoms with Gasteiger partial charge in [0.1, 0.15) is 5.75 Å². The van der Waals surface area contributed by atoms with Gasteiger partial charge < -0.3 is 10.1 Å². The summed E-state index contributed by atoms with van der Waals surface area (Å²) in [4.78, 5) is 17.2. The van der Waals surface area contributed by atoms with Gasteiger partial charge in [-0.25, -0.2) is 9.50 Å². The zero-order valence-electron chi connectivity index (χ0n) is 20.1. The van der Waals surface area contributed by atoms with Crippen LogP contribution in [0.5, 0.6) is 5.75 Å². The van der Waals surface area contributed by atoms with Gasteiger partial charge in [-0.05, 0) is 55.0 Å². The third kappa shape index (κ3) is 5.18. The monoisotopic (exact) mass is 540 g/mol. The molecular formula is C26H20ClF3N6O2. The van der Waals surface area contributed by atoms with E-state index < -0.39 is 17.8 Å². The highest BCUT2D eigenvalue weighted by atomic mass is 35.5. The van der Waals surface area contributed by atoms with Crippen molar-refractivity contribution in [3.05, 3.63) is 94.4 Å². The lowest BCUT2D eigenvalue weighted by atomic mass is 10.1. The summed E-state index contributed by atoms with van der Waals surface area (Å²) < 4.78 is 49.1. The summed E-state index contributed by atoms with van der Waals surface area (Å²) in [7, 11) is 1.49. The Kier molecular flexibility index (Phi) is 6.53. The highest BCUT2D eigenvalue weighted by Gasteiger charge is 2.35. The lowest BCUT2D eigenvalue weighted by Gasteiger charge is -2.11. The Hall–Kier alpha value is -4.38. The standard InChI is InChI=1S/C26H20ClF3N6O2/c1-15-10-23(34-35(15)14-16-4-3-5-18(27)11-16)32-25(37)21-13-24-31-20(17-6-8-19(38-2)9-7-17)12-22(26(28,29)30)36(24)33-21/h3-13H,14H2,1-2H3,(H,32,34,37). The van der Waals surface area contributed by atoms with Crippen molar-refractivity contribution in [1.29, 1.82) is 0 Å². The van der Waals surface area contributed by atoms with E-state index in [-0.39, 0.29) is 22.9 Å². The molecule has 0 aliphatic rings. The largest absolute Gasteiger partial charge is 0.497 e. The van der Waals surface area contributed by atoms with E-state index in [1.165, 1.54) is 13.2 Å². The molecule has 5 aromatic rings. The van der Waals surface area contributed by atoms with Crippen molar-refractivity contribution in [2.45, 2.75) is 19.6 Å². The fraction of sp³-hybridized carbons (Fsp3) is 0.154. The molecule has 0 saturated carbocycles. The third-order valence-corrected chi connectivity index (χ3v) is 6.02. The van der Waals surface area contributed by atoms with E-state index in [1.807, 2.05) is 25.1 Å². The molecule has 0 aliphatic heterocycles. The quantitative estimate of drug-likeness (QED) is 0.290. The molecule has 3 heterocycles. The molecule has 0 atom stereocenters. The van der Waals surface area contributed by atoms with Gasteiger partial charge in [0.05, 0.1) is 19.3 Å². The second-order valence-electron chi connectivity index (χ2n) is 8.47. The van der Waals surface area contributed by atoms with Crippen molar-refractivity contribution in [2.24, 2.45) is 0 Å². The number of benzene rings is 2. The summed E-state index contributed by atoms with van der Waals surface area (Å²) in [6.45, 7) is 2.24. The topological polar surface area (TPSA) is 86.3 Å². The van der Waals surface area contributed by atoms with Crippen LogP contribution < -0.4 is 10.1 Å². The number of nitrogens with zero attached hydrogens (tertiary/aromatic N) is 5. The van der Waals surface area contributed by atoms with E-state index in [1.54, 1.807) is 41.1 Å². The van der Waals surface area contributed by atoms with E-state index in [0.29, 0.717) is 27.4 Å². The maximum absolute atomic E-state index is 13.9. The number of hydrogen-bond acceptors (Lipinski definition) is 5. The predicted molar refractivity (Wildman–Crippen MR) is 135 cm³/mol. The van der Waals surface area contributed by atoms with Gasteiger partial charge in [-0.1, -0.05) is 23.7 Å². The number of nitrogens with one attached hydrogen (secondary N) is 1. The van der Waals surface area contributed by atoms with Crippen molar-refractivity contribution < 1.29 is 22.7 Å². The molecule has 12 heteroatoms. The number of methoxy groups -OCH3 is 1. The van der Waals surface area contributed by atoms with Crippen molar-refractivity contribution in [2.75, 3.05) is 12.4 Å². The molecular weight excluding hydrogens is 521 g/mol. The summed E-state index contributed by atoms with van der Waals surface area (Å²) >= 11 is 6.05. The van der Waals surface area contributed by atoms with E-state index in [9.17, 15) is 18.0 Å². The molecule has 0 unspecified atom stereocenters. The Balaban J connectivity index is 1.44. The fourth-order valence-corrected chi connectivity index (χ4v) is 4.13. The maximum Gasteiger partial charge on any atom is 0.433 e. The number of aromatic nitrogens is 5. The molecule has 38 heavy (non-hydrogen) atoms. The van der Waals surface area contributed by atoms with Gasteiger partial charge in [0.15, 0.2) is 22.9 Å². The first-order valence-electron chi connectivity index (χ1n) is 11.3. The number of aryl methyl sites for hydroxylation is 1. The smallest absolute Gasteiger partial charge is 0.433 e. The average molecular weight is 541 g/mol. The van der Waals surface area contributed by atoms with Crippen LogP contribution >= 0.6 is 11.6 Å². The molecule has 0 aliphatic carbocycles. The van der Waals surface area contributed by atoms with Crippen LogP contribution in [0.1, 0.15) is 27.4 Å². The molecule has 194 valence electrons. The molecule has 1 amide bonds. The number of fused-ring (bicyclic) bond motifs is 1. The first kappa shape index (κ1) is 25.3. The normalized spacial score (nSPS) is 11.6. The van der Waals surface area contributed by atoms with E-state index in [4.69, 9.17) is 16.3 Å². The zero-order valence-corrected chi connectivity index (χ0v) is 20.9. The Labute approximate surface area is 219 Å². The number of halogens is 4. The minimum atomic E-state index is -4.74. The van der Waals surface area contributed by atoms with Crippen LogP contribution in [0.4, 0.5) is 19.0 Å². The molecule has 0 spiro atoms. The lowest BCUT2D eigenvalue weighted by molar-refractivity contribution is -0.142. The van der Waals surface area contributed by atoms with E-state index in [0.717, 1.165) is 17.3 Å². The van der Waals surface area contributed by atoms with Gasteiger partial charge in [-0.15, -0.1) is 0 Å². The molecule has 5 rings (SSSR count). The van der Waals surface area contributed by atoms with E-state index >= 15 is 0 Å². The molecule has 1 N–H and O–H groups in total. The molecule has 0 bridgehead atoms. The van der Waals surface area contributed by atoms with Crippen LogP contribution in [-0.2, 0) is 12.7 Å². The van der Waals surface area contributed by atoms with Crippen LogP contribution in [0.25, 0.3) is 16.9 Å². The SMILES string of the molecule is COc1ccc(-c2cc(C(F)(F)F)n3nc(C(=O)Nc4cc(C)n(Cc5cccc(Cl)c5)n4)cc3n2)cc1. The number of anilines is 1. The number of rotatable bonds is 6. The van der Waals surface area contributed by atoms with Crippen LogP contribution in [0.3, 0.4) is 0 Å². The molecule has 0 fully saturated rings. The van der Waals surface area contributed by atoms with Crippen LogP contribution in [-0.4, -0.2) is 37.4 Å². The summed E-state index contributed by atoms with van der Waals surface area (Å²) in [5, 5.41) is 11.5. The minimum Gasteiger partial charge on any atom is -0.497 e. The van der Waals surface area contributed by atoms with Gasteiger partial charge in [0.2, 0.25) is 0 Å². The summed E-state index contributed by atoms with van der Waals surface area (Å²) in [6, 6.07) is 17.5. The number of alkyl halides is 3. The predicted octanol–water partition coefficient (Wildman–Crippen LogP) is 5.88. The molecule has 8 nitrogen and oxygen atoms in total. The van der Waals surface area contributed by atoms with Crippen molar-refractivity contribution >= 4 is 29.0 Å². The Bertz CT molecular complexity index is 1640. The third-order valence-electron chi connectivity index (χ3n) is 5.78. The van der Waals surface area contributed by atoms with Crippen molar-refractivity contribution in [3.8, 4) is 17.0 Å². The van der Waals surface area contributed by atoms with Gasteiger partial charge in [-0.3, -0.25) is 9.48 Å². The van der Waals surface area contributed by atoms with Crippen LogP contribution in [0, 0.1) is 6.92 Å². The number of hydrogen-bond donors (Lipinski definition) is 1. The second kappa shape index (κ2) is 9.82. The number of amides is 1. The Morgan fingerprint density at radius 1 is 1.05 bits per heavy atom. The first-order valence-corrected chi connectivity index (χ1v) is 11.7. The second-order valence-corrected chi connectivity index (χ2v) is 8.90. The molecule has 0 saturated heterocycles. The van der Waals surface area contributed by atoms with E-state index in [2.05, 4.69) is 20.5 Å². The van der Waals surface area contributed by atoms with Crippen LogP contribution in [0.15, 0.2) is 66.7 Å². The van der Waals surface area contributed by atoms with Gasteiger partial charge >= 0.3 is 6.18 Å². The Morgan fingerprint density at radius 2 is 1.82 bits per heavy atom. The van der Waals surface area contributed by atoms with Crippen molar-refractivity contribution in [3.63, 3.8) is 0 Å². The van der Waals surface area contributed by atoms with Crippen molar-refractivity contribution in [1.82, 2.24) is 24.4 Å². The van der Waals surface area contributed by atoms with Gasteiger partial charge in [0, 0.05) is 28.4 Å². The highest BCUT2D eigenvalue weighted by molar-refractivity contribution is 6.30. The molecule has 3 aromatic heterocycles. The summed E-state index contributed by atoms with van der Waals surface area (Å²) in [6.07, 6.45) is -4.74. The summed E-state index contributed by atoms with van der Waals surface area (Å²) in [5.74, 6) is 0.0657. The molecule has 0 radical (unpaired) electrons. The minimum absolute atomic E-state index is 0.0784. The fourth-order valence-electron chi connectivity index (χ4n) is 3.92. The first-order chi connectivity index (χ1) is 18.1. The number of carbonyl (C=O) groups excluding carboxylic acids is 1. The number of ether oxygens (including phenoxy) is 1. The van der Waals surface area contributed by atoms with Gasteiger partial charge in [0.25, 0.3) is 5.91 Å². The maximum atomic E-state index is 13.9. The summed E-state index contributed by atoms with van der Waals surface area (Å²) in [5.41, 5.74) is 0.784. The average Bonchev–Trinajstić information content (AvgIpc) is 3.46. The lowest BCUT2D eigenvalue weighted by Crippen LogP contribution is -2.16. The Morgan fingerprint density at radius 3 is 2.50 bits per heavy atom. The van der Waals surface area contributed by atoms with Crippen LogP contribution in [0.2, 0.25) is 5.02 Å². The zero-order chi connectivity index (χ0) is 27.0. The number of carbonyl (C=O) groups is 1.